The minimum absolute atomic E-state index is 0. The van der Waals surface area contributed by atoms with Gasteiger partial charge in [-0.15, -0.1) is 0 Å². The first kappa shape index (κ1) is 9.64. The van der Waals surface area contributed by atoms with Gasteiger partial charge < -0.3 is 9.11 Å². The van der Waals surface area contributed by atoms with Crippen LogP contribution in [0.25, 0.3) is 0 Å². The Morgan fingerprint density at radius 3 is 1.17 bits per heavy atom. The van der Waals surface area contributed by atoms with E-state index in [2.05, 4.69) is 0 Å². The van der Waals surface area contributed by atoms with Gasteiger partial charge in [-0.25, -0.2) is 0 Å². The van der Waals surface area contributed by atoms with E-state index in [0.717, 1.165) is 0 Å². The summed E-state index contributed by atoms with van der Waals surface area (Å²) in [5, 5.41) is 0. The van der Waals surface area contributed by atoms with E-state index in [9.17, 15) is 0 Å². The van der Waals surface area contributed by atoms with E-state index in [-0.39, 0.29) is 17.4 Å². The molecule has 0 bridgehead atoms. The van der Waals surface area contributed by atoms with Crippen LogP contribution in [0.4, 0.5) is 0 Å². The van der Waals surface area contributed by atoms with Gasteiger partial charge in [-0.1, -0.05) is 0 Å². The van der Waals surface area contributed by atoms with Crippen LogP contribution >= 0.6 is 0 Å². The minimum Gasteiger partial charge on any atom is -0.759 e. The van der Waals surface area contributed by atoms with E-state index in [1.165, 1.54) is 0 Å². The lowest BCUT2D eigenvalue weighted by atomic mass is 15.8. The second-order valence-electron chi connectivity index (χ2n) is 0.408. The van der Waals surface area contributed by atoms with Gasteiger partial charge in [0.15, 0.2) is 0 Å². The zero-order valence-electron chi connectivity index (χ0n) is 2.62. The molecule has 0 aliphatic heterocycles. The summed E-state index contributed by atoms with van der Waals surface area (Å²) >= 11 is 0. The van der Waals surface area contributed by atoms with Gasteiger partial charge in [0.25, 0.3) is 0 Å². The molecule has 0 fully saturated rings. The summed E-state index contributed by atoms with van der Waals surface area (Å²) in [6.45, 7) is 0. The summed E-state index contributed by atoms with van der Waals surface area (Å²) in [6.07, 6.45) is 0. The molecule has 0 atom stereocenters. The highest BCUT2D eigenvalue weighted by molar-refractivity contribution is 7.79. The molecule has 0 aromatic rings. The van der Waals surface area contributed by atoms with E-state index in [1.807, 2.05) is 0 Å². The fourth-order valence-corrected chi connectivity index (χ4v) is 0. The van der Waals surface area contributed by atoms with Crippen LogP contribution in [0.3, 0.4) is 0 Å². The Bertz CT molecular complexity index is 90.7. The summed E-state index contributed by atoms with van der Waals surface area (Å²) in [7, 11) is -5.17. The molecular weight excluding hydrogens is 123 g/mol. The van der Waals surface area contributed by atoms with E-state index in [1.54, 1.807) is 0 Å². The van der Waals surface area contributed by atoms with Crippen molar-refractivity contribution < 1.29 is 17.5 Å². The Balaban J connectivity index is 0. The lowest BCUT2D eigenvalue weighted by Gasteiger charge is -2.06. The van der Waals surface area contributed by atoms with Crippen LogP contribution in [0, 0.1) is 0 Å². The molecule has 0 rings (SSSR count). The van der Waals surface area contributed by atoms with Crippen LogP contribution in [0.15, 0.2) is 0 Å². The second kappa shape index (κ2) is 2.55. The molecular formula is AlO4S-2. The zero-order chi connectivity index (χ0) is 4.50. The summed E-state index contributed by atoms with van der Waals surface area (Å²) in [5.41, 5.74) is 0. The van der Waals surface area contributed by atoms with Crippen molar-refractivity contribution in [1.82, 2.24) is 0 Å². The molecule has 35 valence electrons. The largest absolute Gasteiger partial charge is 0.759 e. The normalized spacial score (nSPS) is 9.67. The van der Waals surface area contributed by atoms with E-state index in [0.29, 0.717) is 0 Å². The van der Waals surface area contributed by atoms with Crippen LogP contribution in [-0.4, -0.2) is 34.9 Å². The Labute approximate surface area is 45.9 Å². The lowest BCUT2D eigenvalue weighted by Crippen LogP contribution is -1.91. The summed E-state index contributed by atoms with van der Waals surface area (Å²) < 4.78 is 34.1. The fourth-order valence-electron chi connectivity index (χ4n) is 0. The van der Waals surface area contributed by atoms with E-state index in [4.69, 9.17) is 17.5 Å². The third-order valence-electron chi connectivity index (χ3n) is 0. The van der Waals surface area contributed by atoms with Crippen LogP contribution in [0.2, 0.25) is 0 Å². The van der Waals surface area contributed by atoms with E-state index < -0.39 is 10.4 Å². The van der Waals surface area contributed by atoms with Gasteiger partial charge in [0.1, 0.15) is 0 Å². The number of rotatable bonds is 0. The topological polar surface area (TPSA) is 80.3 Å². The summed E-state index contributed by atoms with van der Waals surface area (Å²) in [5.74, 6) is 0. The van der Waals surface area contributed by atoms with Gasteiger partial charge in [0, 0.05) is 27.8 Å². The van der Waals surface area contributed by atoms with Crippen LogP contribution < -0.4 is 0 Å². The third kappa shape index (κ3) is 315. The second-order valence-corrected chi connectivity index (χ2v) is 1.22. The fraction of sp³-hybridized carbons (Fsp3) is 0. The average molecular weight is 123 g/mol. The highest BCUT2D eigenvalue weighted by Gasteiger charge is 1.49. The quantitative estimate of drug-likeness (QED) is 0.218. The maximum Gasteiger partial charge on any atom is 0.0311 e. The Kier molecular flexibility index (Phi) is 4.10. The first-order chi connectivity index (χ1) is 2.00. The lowest BCUT2D eigenvalue weighted by molar-refractivity contribution is 0.352. The van der Waals surface area contributed by atoms with Crippen LogP contribution in [0.5, 0.6) is 0 Å². The van der Waals surface area contributed by atoms with Gasteiger partial charge in [-0.3, -0.25) is 8.42 Å². The van der Waals surface area contributed by atoms with Gasteiger partial charge in [-0.05, 0) is 0 Å². The van der Waals surface area contributed by atoms with Crippen molar-refractivity contribution in [3.63, 3.8) is 0 Å². The first-order valence-electron chi connectivity index (χ1n) is 0.667. The molecule has 6 heteroatoms. The molecule has 0 spiro atoms. The highest BCUT2D eigenvalue weighted by atomic mass is 32.3. The molecule has 0 heterocycles. The zero-order valence-corrected chi connectivity index (χ0v) is 4.59. The summed E-state index contributed by atoms with van der Waals surface area (Å²) in [4.78, 5) is 0. The van der Waals surface area contributed by atoms with Crippen molar-refractivity contribution in [3.8, 4) is 0 Å². The molecule has 0 N–H and O–H groups in total. The standard InChI is InChI=1S/Al.H2O4S/c;1-5(2,3)4/h;(H2,1,2,3,4)/p-2. The van der Waals surface area contributed by atoms with E-state index >= 15 is 0 Å². The molecule has 0 aromatic heterocycles. The molecule has 0 saturated heterocycles. The van der Waals surface area contributed by atoms with Gasteiger partial charge in [0.05, 0.1) is 0 Å². The Hall–Kier alpha value is 0.402. The predicted molar refractivity (Wildman–Crippen MR) is 16.2 cm³/mol. The predicted octanol–water partition coefficient (Wildman–Crippen LogP) is -1.72. The SMILES string of the molecule is O=S(=O)([O-])[O-].[Al]. The van der Waals surface area contributed by atoms with Gasteiger partial charge in [-0.2, -0.15) is 0 Å². The van der Waals surface area contributed by atoms with Crippen molar-refractivity contribution in [2.24, 2.45) is 0 Å². The summed E-state index contributed by atoms with van der Waals surface area (Å²) in [6, 6.07) is 0. The third-order valence-corrected chi connectivity index (χ3v) is 0. The molecule has 0 saturated carbocycles. The molecule has 0 amide bonds. The first-order valence-corrected chi connectivity index (χ1v) is 2.00. The maximum atomic E-state index is 8.52. The maximum absolute atomic E-state index is 8.52. The van der Waals surface area contributed by atoms with Crippen molar-refractivity contribution in [3.05, 3.63) is 0 Å². The smallest absolute Gasteiger partial charge is 0.0311 e. The van der Waals surface area contributed by atoms with Crippen LogP contribution in [0.1, 0.15) is 0 Å². The monoisotopic (exact) mass is 123 g/mol. The molecule has 0 unspecified atom stereocenters. The van der Waals surface area contributed by atoms with Crippen molar-refractivity contribution >= 4 is 27.8 Å². The molecule has 0 aliphatic rings. The number of hydrogen-bond donors (Lipinski definition) is 0. The molecule has 3 radical (unpaired) electrons. The van der Waals surface area contributed by atoms with Crippen molar-refractivity contribution in [2.45, 2.75) is 0 Å². The molecule has 0 aromatic carbocycles. The number of hydrogen-bond acceptors (Lipinski definition) is 4. The molecule has 6 heavy (non-hydrogen) atoms. The molecule has 0 aliphatic carbocycles. The Morgan fingerprint density at radius 1 is 1.17 bits per heavy atom. The van der Waals surface area contributed by atoms with Gasteiger partial charge in [0.2, 0.25) is 0 Å². The highest BCUT2D eigenvalue weighted by Crippen LogP contribution is 1.57. The molecule has 4 nitrogen and oxygen atoms in total. The minimum atomic E-state index is -5.17. The van der Waals surface area contributed by atoms with Crippen molar-refractivity contribution in [1.29, 1.82) is 0 Å². The van der Waals surface area contributed by atoms with Crippen LogP contribution in [-0.2, 0) is 10.4 Å². The Morgan fingerprint density at radius 2 is 1.17 bits per heavy atom. The average Bonchev–Trinajstić information content (AvgIpc) is 0.722. The van der Waals surface area contributed by atoms with Crippen molar-refractivity contribution in [2.75, 3.05) is 0 Å². The van der Waals surface area contributed by atoms with Gasteiger partial charge >= 0.3 is 0 Å².